The summed E-state index contributed by atoms with van der Waals surface area (Å²) < 4.78 is 10.1. The summed E-state index contributed by atoms with van der Waals surface area (Å²) in [6.07, 6.45) is 3.50. The Morgan fingerprint density at radius 3 is 2.53 bits per heavy atom. The molecule has 0 radical (unpaired) electrons. The van der Waals surface area contributed by atoms with Crippen molar-refractivity contribution in [2.75, 3.05) is 20.2 Å². The van der Waals surface area contributed by atoms with Crippen LogP contribution >= 0.6 is 11.3 Å². The Bertz CT molecular complexity index is 861. The van der Waals surface area contributed by atoms with Gasteiger partial charge in [0.15, 0.2) is 0 Å². The van der Waals surface area contributed by atoms with E-state index in [9.17, 15) is 14.4 Å². The molecule has 2 aromatic heterocycles. The molecule has 0 aliphatic rings. The number of aromatic nitrogens is 1. The maximum absolute atomic E-state index is 12.6. The van der Waals surface area contributed by atoms with Gasteiger partial charge in [0.1, 0.15) is 10.5 Å². The van der Waals surface area contributed by atoms with Gasteiger partial charge in [-0.25, -0.2) is 9.59 Å². The van der Waals surface area contributed by atoms with Crippen molar-refractivity contribution in [2.24, 2.45) is 0 Å². The fourth-order valence-corrected chi connectivity index (χ4v) is 3.34. The second-order valence-corrected chi connectivity index (χ2v) is 8.61. The van der Waals surface area contributed by atoms with Crippen LogP contribution in [-0.4, -0.2) is 53.7 Å². The fourth-order valence-electron chi connectivity index (χ4n) is 2.50. The third-order valence-electron chi connectivity index (χ3n) is 3.85. The molecule has 9 heteroatoms. The van der Waals surface area contributed by atoms with E-state index in [1.807, 2.05) is 32.9 Å². The van der Waals surface area contributed by atoms with E-state index in [2.05, 4.69) is 15.0 Å². The van der Waals surface area contributed by atoms with Crippen LogP contribution in [0.3, 0.4) is 0 Å². The van der Waals surface area contributed by atoms with Crippen LogP contribution in [0, 0.1) is 0 Å². The van der Waals surface area contributed by atoms with Gasteiger partial charge in [0.2, 0.25) is 0 Å². The summed E-state index contributed by atoms with van der Waals surface area (Å²) in [7, 11) is 1.30. The highest BCUT2D eigenvalue weighted by molar-refractivity contribution is 7.15. The van der Waals surface area contributed by atoms with Crippen molar-refractivity contribution in [1.82, 2.24) is 15.2 Å². The molecule has 2 aromatic rings. The molecule has 2 rings (SSSR count). The van der Waals surface area contributed by atoms with E-state index in [1.54, 1.807) is 29.4 Å². The van der Waals surface area contributed by atoms with E-state index in [1.165, 1.54) is 7.11 Å². The normalized spacial score (nSPS) is 10.9. The Labute approximate surface area is 180 Å². The standard InChI is InChI=1S/C21H27N3O5S/c1-21(2,3)29-20(27)24(14-15-7-5-10-22-13-15)12-6-11-23-18(25)16-8-9-17(30-16)19(26)28-4/h5,7-10,13H,6,11-12,14H2,1-4H3,(H,23,25). The molecular formula is C21H27N3O5S. The Hall–Kier alpha value is -2.94. The van der Waals surface area contributed by atoms with Gasteiger partial charge in [0, 0.05) is 25.5 Å². The summed E-state index contributed by atoms with van der Waals surface area (Å²) in [6.45, 7) is 6.59. The minimum atomic E-state index is -0.602. The maximum Gasteiger partial charge on any atom is 0.410 e. The van der Waals surface area contributed by atoms with E-state index in [0.717, 1.165) is 16.9 Å². The van der Waals surface area contributed by atoms with Gasteiger partial charge in [-0.15, -0.1) is 11.3 Å². The largest absolute Gasteiger partial charge is 0.465 e. The molecule has 0 spiro atoms. The molecule has 0 fully saturated rings. The molecule has 0 saturated carbocycles. The number of nitrogens with one attached hydrogen (secondary N) is 1. The zero-order valence-electron chi connectivity index (χ0n) is 17.6. The zero-order chi connectivity index (χ0) is 22.1. The fraction of sp³-hybridized carbons (Fsp3) is 0.429. The second kappa shape index (κ2) is 10.7. The average molecular weight is 434 g/mol. The lowest BCUT2D eigenvalue weighted by atomic mass is 10.2. The van der Waals surface area contributed by atoms with Gasteiger partial charge in [-0.3, -0.25) is 9.78 Å². The van der Waals surface area contributed by atoms with E-state index in [4.69, 9.17) is 4.74 Å². The van der Waals surface area contributed by atoms with E-state index >= 15 is 0 Å². The van der Waals surface area contributed by atoms with Crippen LogP contribution in [0.1, 0.15) is 52.1 Å². The topological polar surface area (TPSA) is 97.8 Å². The predicted octanol–water partition coefficient (Wildman–Crippen LogP) is 3.49. The molecule has 162 valence electrons. The van der Waals surface area contributed by atoms with Crippen LogP contribution in [-0.2, 0) is 16.0 Å². The summed E-state index contributed by atoms with van der Waals surface area (Å²) >= 11 is 1.07. The van der Waals surface area contributed by atoms with Crippen molar-refractivity contribution in [3.8, 4) is 0 Å². The van der Waals surface area contributed by atoms with Crippen LogP contribution in [0.2, 0.25) is 0 Å². The van der Waals surface area contributed by atoms with Crippen molar-refractivity contribution in [2.45, 2.75) is 39.3 Å². The number of hydrogen-bond acceptors (Lipinski definition) is 7. The molecular weight excluding hydrogens is 406 g/mol. The third kappa shape index (κ3) is 7.47. The first-order valence-corrected chi connectivity index (χ1v) is 10.3. The van der Waals surface area contributed by atoms with Crippen LogP contribution in [0.15, 0.2) is 36.7 Å². The number of esters is 1. The molecule has 30 heavy (non-hydrogen) atoms. The highest BCUT2D eigenvalue weighted by Gasteiger charge is 2.22. The number of nitrogens with zero attached hydrogens (tertiary/aromatic N) is 2. The number of thiophene rings is 1. The van der Waals surface area contributed by atoms with Crippen molar-refractivity contribution >= 4 is 29.3 Å². The maximum atomic E-state index is 12.6. The first-order chi connectivity index (χ1) is 14.2. The van der Waals surface area contributed by atoms with E-state index in [-0.39, 0.29) is 5.91 Å². The monoisotopic (exact) mass is 433 g/mol. The van der Waals surface area contributed by atoms with Gasteiger partial charge in [0.25, 0.3) is 5.91 Å². The van der Waals surface area contributed by atoms with Gasteiger partial charge >= 0.3 is 12.1 Å². The Morgan fingerprint density at radius 2 is 1.90 bits per heavy atom. The quantitative estimate of drug-likeness (QED) is 0.506. The summed E-state index contributed by atoms with van der Waals surface area (Å²) in [5.41, 5.74) is 0.288. The number of amides is 2. The number of pyridine rings is 1. The number of ether oxygens (including phenoxy) is 2. The predicted molar refractivity (Wildman–Crippen MR) is 113 cm³/mol. The molecule has 0 aromatic carbocycles. The van der Waals surface area contributed by atoms with Crippen molar-refractivity contribution < 1.29 is 23.9 Å². The summed E-state index contributed by atoms with van der Waals surface area (Å²) in [5, 5.41) is 2.80. The minimum absolute atomic E-state index is 0.272. The molecule has 8 nitrogen and oxygen atoms in total. The van der Waals surface area contributed by atoms with Crippen molar-refractivity contribution in [3.63, 3.8) is 0 Å². The summed E-state index contributed by atoms with van der Waals surface area (Å²) in [6, 6.07) is 6.85. The van der Waals surface area contributed by atoms with Crippen LogP contribution in [0.25, 0.3) is 0 Å². The lowest BCUT2D eigenvalue weighted by molar-refractivity contribution is 0.0231. The Balaban J connectivity index is 1.89. The highest BCUT2D eigenvalue weighted by Crippen LogP contribution is 2.17. The van der Waals surface area contributed by atoms with Crippen molar-refractivity contribution in [1.29, 1.82) is 0 Å². The van der Waals surface area contributed by atoms with Gasteiger partial charge in [-0.05, 0) is 51.0 Å². The summed E-state index contributed by atoms with van der Waals surface area (Å²) in [5.74, 6) is -0.742. The molecule has 0 bridgehead atoms. The number of methoxy groups -OCH3 is 1. The second-order valence-electron chi connectivity index (χ2n) is 7.53. The summed E-state index contributed by atoms with van der Waals surface area (Å²) in [4.78, 5) is 42.8. The molecule has 1 N–H and O–H groups in total. The zero-order valence-corrected chi connectivity index (χ0v) is 18.5. The lowest BCUT2D eigenvalue weighted by Crippen LogP contribution is -2.38. The molecule has 0 aliphatic heterocycles. The van der Waals surface area contributed by atoms with Crippen LogP contribution in [0.4, 0.5) is 4.79 Å². The molecule has 0 aliphatic carbocycles. The Kier molecular flexibility index (Phi) is 8.35. The SMILES string of the molecule is COC(=O)c1ccc(C(=O)NCCCN(Cc2cccnc2)C(=O)OC(C)(C)C)s1. The lowest BCUT2D eigenvalue weighted by Gasteiger charge is -2.27. The number of carbonyl (C=O) groups is 3. The van der Waals surface area contributed by atoms with Crippen LogP contribution in [0.5, 0.6) is 0 Å². The third-order valence-corrected chi connectivity index (χ3v) is 4.92. The van der Waals surface area contributed by atoms with Gasteiger partial charge < -0.3 is 19.7 Å². The molecule has 0 saturated heterocycles. The van der Waals surface area contributed by atoms with Crippen LogP contribution < -0.4 is 5.32 Å². The minimum Gasteiger partial charge on any atom is -0.465 e. The van der Waals surface area contributed by atoms with E-state index < -0.39 is 17.7 Å². The Morgan fingerprint density at radius 1 is 1.17 bits per heavy atom. The smallest absolute Gasteiger partial charge is 0.410 e. The molecule has 0 atom stereocenters. The van der Waals surface area contributed by atoms with Gasteiger partial charge in [-0.1, -0.05) is 6.07 Å². The molecule has 0 unspecified atom stereocenters. The number of hydrogen-bond donors (Lipinski definition) is 1. The van der Waals surface area contributed by atoms with Crippen molar-refractivity contribution in [3.05, 3.63) is 52.0 Å². The first kappa shape index (κ1) is 23.3. The molecule has 2 amide bonds. The first-order valence-electron chi connectivity index (χ1n) is 9.53. The average Bonchev–Trinajstić information content (AvgIpc) is 3.19. The number of carbonyl (C=O) groups excluding carboxylic acids is 3. The number of rotatable bonds is 8. The highest BCUT2D eigenvalue weighted by atomic mass is 32.1. The van der Waals surface area contributed by atoms with E-state index in [0.29, 0.717) is 35.8 Å². The van der Waals surface area contributed by atoms with Gasteiger partial charge in [0.05, 0.1) is 18.5 Å². The van der Waals surface area contributed by atoms with Gasteiger partial charge in [-0.2, -0.15) is 0 Å². The molecule has 2 heterocycles.